The van der Waals surface area contributed by atoms with E-state index in [0.29, 0.717) is 5.41 Å². The number of hydrogen-bond donors (Lipinski definition) is 1. The molecular formula is C12H26N2OS. The van der Waals surface area contributed by atoms with Gasteiger partial charge in [0.05, 0.1) is 0 Å². The van der Waals surface area contributed by atoms with E-state index in [9.17, 15) is 4.21 Å². The van der Waals surface area contributed by atoms with Crippen molar-refractivity contribution in [1.82, 2.24) is 10.2 Å². The third kappa shape index (κ3) is 4.52. The molecule has 0 aromatic carbocycles. The highest BCUT2D eigenvalue weighted by atomic mass is 32.2. The van der Waals surface area contributed by atoms with Crippen LogP contribution < -0.4 is 5.32 Å². The molecule has 3 nitrogen and oxygen atoms in total. The van der Waals surface area contributed by atoms with Gasteiger partial charge in [0.1, 0.15) is 0 Å². The van der Waals surface area contributed by atoms with Crippen molar-refractivity contribution in [2.45, 2.75) is 26.7 Å². The largest absolute Gasteiger partial charge is 0.319 e. The molecule has 0 aromatic rings. The highest BCUT2D eigenvalue weighted by Gasteiger charge is 2.27. The Kier molecular flexibility index (Phi) is 5.94. The van der Waals surface area contributed by atoms with E-state index in [1.165, 1.54) is 12.8 Å². The van der Waals surface area contributed by atoms with Gasteiger partial charge in [-0.1, -0.05) is 20.3 Å². The SMILES string of the molecule is CCCC(C)(CNC)CN1CCS(=O)CC1. The van der Waals surface area contributed by atoms with Crippen molar-refractivity contribution in [3.05, 3.63) is 0 Å². The van der Waals surface area contributed by atoms with Gasteiger partial charge in [0.2, 0.25) is 0 Å². The zero-order valence-electron chi connectivity index (χ0n) is 10.9. The van der Waals surface area contributed by atoms with E-state index in [1.54, 1.807) is 0 Å². The average Bonchev–Trinajstić information content (AvgIpc) is 2.22. The van der Waals surface area contributed by atoms with Gasteiger partial charge in [-0.2, -0.15) is 0 Å². The summed E-state index contributed by atoms with van der Waals surface area (Å²) in [6, 6.07) is 0. The maximum absolute atomic E-state index is 11.3. The molecule has 0 aromatic heterocycles. The minimum Gasteiger partial charge on any atom is -0.319 e. The van der Waals surface area contributed by atoms with Crippen LogP contribution in [0.15, 0.2) is 0 Å². The van der Waals surface area contributed by atoms with Gasteiger partial charge in [-0.05, 0) is 18.9 Å². The van der Waals surface area contributed by atoms with Gasteiger partial charge < -0.3 is 10.2 Å². The van der Waals surface area contributed by atoms with Crippen molar-refractivity contribution in [2.24, 2.45) is 5.41 Å². The lowest BCUT2D eigenvalue weighted by atomic mass is 9.85. The third-order valence-electron chi connectivity index (χ3n) is 3.33. The third-order valence-corrected chi connectivity index (χ3v) is 4.61. The molecule has 1 rings (SSSR count). The van der Waals surface area contributed by atoms with Crippen LogP contribution >= 0.6 is 0 Å². The van der Waals surface area contributed by atoms with Crippen LogP contribution in [0.3, 0.4) is 0 Å². The van der Waals surface area contributed by atoms with Crippen molar-refractivity contribution >= 4 is 10.8 Å². The minimum absolute atomic E-state index is 0.363. The van der Waals surface area contributed by atoms with E-state index < -0.39 is 10.8 Å². The Morgan fingerprint density at radius 2 is 2.00 bits per heavy atom. The Labute approximate surface area is 102 Å². The summed E-state index contributed by atoms with van der Waals surface area (Å²) in [5.41, 5.74) is 0.363. The maximum atomic E-state index is 11.3. The molecule has 1 unspecified atom stereocenters. The Morgan fingerprint density at radius 1 is 1.38 bits per heavy atom. The average molecular weight is 246 g/mol. The number of nitrogens with one attached hydrogen (secondary N) is 1. The van der Waals surface area contributed by atoms with E-state index >= 15 is 0 Å². The second kappa shape index (κ2) is 6.72. The Balaban J connectivity index is 2.44. The minimum atomic E-state index is -0.554. The van der Waals surface area contributed by atoms with Gasteiger partial charge in [-0.3, -0.25) is 4.21 Å². The summed E-state index contributed by atoms with van der Waals surface area (Å²) >= 11 is 0. The van der Waals surface area contributed by atoms with Crippen LogP contribution in [0.1, 0.15) is 26.7 Å². The van der Waals surface area contributed by atoms with Gasteiger partial charge in [0.15, 0.2) is 0 Å². The van der Waals surface area contributed by atoms with Gasteiger partial charge in [0.25, 0.3) is 0 Å². The van der Waals surface area contributed by atoms with Crippen LogP contribution in [0.25, 0.3) is 0 Å². The Morgan fingerprint density at radius 3 is 2.50 bits per heavy atom. The molecule has 0 saturated carbocycles. The van der Waals surface area contributed by atoms with Gasteiger partial charge in [-0.15, -0.1) is 0 Å². The first-order chi connectivity index (χ1) is 7.59. The molecule has 0 amide bonds. The zero-order valence-corrected chi connectivity index (χ0v) is 11.7. The molecule has 1 atom stereocenters. The summed E-state index contributed by atoms with van der Waals surface area (Å²) in [4.78, 5) is 2.48. The molecule has 1 heterocycles. The molecule has 1 saturated heterocycles. The fourth-order valence-electron chi connectivity index (χ4n) is 2.63. The summed E-state index contributed by atoms with van der Waals surface area (Å²) in [6.45, 7) is 8.84. The van der Waals surface area contributed by atoms with Crippen LogP contribution in [-0.2, 0) is 10.8 Å². The molecule has 1 N–H and O–H groups in total. The molecule has 4 heteroatoms. The second-order valence-electron chi connectivity index (χ2n) is 5.22. The predicted molar refractivity (Wildman–Crippen MR) is 71.3 cm³/mol. The first-order valence-corrected chi connectivity index (χ1v) is 7.80. The van der Waals surface area contributed by atoms with Crippen LogP contribution in [0.4, 0.5) is 0 Å². The molecule has 0 radical (unpaired) electrons. The van der Waals surface area contributed by atoms with Crippen molar-refractivity contribution < 1.29 is 4.21 Å². The molecular weight excluding hydrogens is 220 g/mol. The quantitative estimate of drug-likeness (QED) is 0.761. The first-order valence-electron chi connectivity index (χ1n) is 6.31. The highest BCUT2D eigenvalue weighted by Crippen LogP contribution is 2.24. The summed E-state index contributed by atoms with van der Waals surface area (Å²) in [7, 11) is 1.47. The molecule has 16 heavy (non-hydrogen) atoms. The van der Waals surface area contributed by atoms with Gasteiger partial charge in [-0.25, -0.2) is 0 Å². The number of nitrogens with zero attached hydrogens (tertiary/aromatic N) is 1. The maximum Gasteiger partial charge on any atom is 0.0363 e. The van der Waals surface area contributed by atoms with Crippen LogP contribution in [0, 0.1) is 5.41 Å². The fourth-order valence-corrected chi connectivity index (χ4v) is 3.76. The summed E-state index contributed by atoms with van der Waals surface area (Å²) in [5, 5.41) is 3.30. The van der Waals surface area contributed by atoms with E-state index in [1.807, 2.05) is 7.05 Å². The Bertz CT molecular complexity index is 217. The van der Waals surface area contributed by atoms with E-state index in [-0.39, 0.29) is 0 Å². The summed E-state index contributed by atoms with van der Waals surface area (Å²) in [5.74, 6) is 1.73. The highest BCUT2D eigenvalue weighted by molar-refractivity contribution is 7.85. The van der Waals surface area contributed by atoms with E-state index in [2.05, 4.69) is 24.1 Å². The topological polar surface area (TPSA) is 32.3 Å². The monoisotopic (exact) mass is 246 g/mol. The van der Waals surface area contributed by atoms with Crippen molar-refractivity contribution in [2.75, 3.05) is 44.7 Å². The van der Waals surface area contributed by atoms with Crippen molar-refractivity contribution in [1.29, 1.82) is 0 Å². The normalized spacial score (nSPS) is 23.2. The summed E-state index contributed by atoms with van der Waals surface area (Å²) in [6.07, 6.45) is 2.49. The van der Waals surface area contributed by atoms with E-state index in [0.717, 1.165) is 37.7 Å². The number of rotatable bonds is 6. The molecule has 0 spiro atoms. The van der Waals surface area contributed by atoms with Crippen LogP contribution in [-0.4, -0.2) is 53.8 Å². The molecule has 1 fully saturated rings. The molecule has 1 aliphatic rings. The smallest absolute Gasteiger partial charge is 0.0363 e. The van der Waals surface area contributed by atoms with Crippen LogP contribution in [0.5, 0.6) is 0 Å². The standard InChI is InChI=1S/C12H26N2OS/c1-4-5-12(2,10-13-3)11-14-6-8-16(15)9-7-14/h13H,4-11H2,1-3H3. The van der Waals surface area contributed by atoms with Crippen LogP contribution in [0.2, 0.25) is 0 Å². The van der Waals surface area contributed by atoms with Crippen molar-refractivity contribution in [3.63, 3.8) is 0 Å². The fraction of sp³-hybridized carbons (Fsp3) is 1.00. The lowest BCUT2D eigenvalue weighted by molar-refractivity contribution is 0.161. The predicted octanol–water partition coefficient (Wildman–Crippen LogP) is 1.08. The Hall–Kier alpha value is 0.0700. The van der Waals surface area contributed by atoms with Gasteiger partial charge in [0, 0.05) is 48.5 Å². The van der Waals surface area contributed by atoms with E-state index in [4.69, 9.17) is 0 Å². The lowest BCUT2D eigenvalue weighted by Gasteiger charge is -2.37. The number of hydrogen-bond acceptors (Lipinski definition) is 3. The van der Waals surface area contributed by atoms with Crippen molar-refractivity contribution in [3.8, 4) is 0 Å². The molecule has 1 aliphatic heterocycles. The van der Waals surface area contributed by atoms with Gasteiger partial charge >= 0.3 is 0 Å². The lowest BCUT2D eigenvalue weighted by Crippen LogP contribution is -2.46. The second-order valence-corrected chi connectivity index (χ2v) is 6.91. The molecule has 96 valence electrons. The summed E-state index contributed by atoms with van der Waals surface area (Å²) < 4.78 is 11.3. The molecule has 0 bridgehead atoms. The first kappa shape index (κ1) is 14.1. The zero-order chi connectivity index (χ0) is 12.0. The molecule has 0 aliphatic carbocycles.